The monoisotopic (exact) mass is 448 g/mol. The molecule has 1 aliphatic heterocycles. The number of hydrogen-bond donors (Lipinski definition) is 1. The average Bonchev–Trinajstić information content (AvgIpc) is 3.39. The summed E-state index contributed by atoms with van der Waals surface area (Å²) in [6.45, 7) is -0.0264. The fourth-order valence-electron chi connectivity index (χ4n) is 4.18. The third-order valence-electron chi connectivity index (χ3n) is 5.89. The first kappa shape index (κ1) is 21.4. The molecule has 0 spiro atoms. The molecule has 1 aliphatic carbocycles. The van der Waals surface area contributed by atoms with Gasteiger partial charge >= 0.3 is 0 Å². The second-order valence-electron chi connectivity index (χ2n) is 7.97. The zero-order chi connectivity index (χ0) is 22.2. The van der Waals surface area contributed by atoms with Crippen LogP contribution in [0.2, 0.25) is 0 Å². The van der Waals surface area contributed by atoms with Gasteiger partial charge in [-0.1, -0.05) is 12.8 Å². The number of hydrogen-bond acceptors (Lipinski definition) is 4. The number of benzene rings is 2. The van der Waals surface area contributed by atoms with E-state index < -0.39 is 39.2 Å². The van der Waals surface area contributed by atoms with Crippen molar-refractivity contribution in [3.05, 3.63) is 54.1 Å². The summed E-state index contributed by atoms with van der Waals surface area (Å²) in [5.41, 5.74) is 0.345. The normalized spacial score (nSPS) is 19.7. The van der Waals surface area contributed by atoms with Crippen LogP contribution in [0.3, 0.4) is 0 Å². The summed E-state index contributed by atoms with van der Waals surface area (Å²) in [6, 6.07) is 8.91. The summed E-state index contributed by atoms with van der Waals surface area (Å²) >= 11 is 0. The number of anilines is 2. The minimum atomic E-state index is -3.38. The van der Waals surface area contributed by atoms with Gasteiger partial charge in [-0.3, -0.25) is 9.59 Å². The molecule has 0 bridgehead atoms. The predicted molar refractivity (Wildman–Crippen MR) is 111 cm³/mol. The Labute approximate surface area is 179 Å². The van der Waals surface area contributed by atoms with Crippen LogP contribution in [0.1, 0.15) is 32.1 Å². The van der Waals surface area contributed by atoms with Crippen LogP contribution < -0.4 is 10.2 Å². The standard InChI is InChI=1S/C22H22F2N2O4S/c23-15-5-10-20(19(24)12-15)26-13-14(11-21(26)27)22(28)25-16-6-8-18(9-7-16)31(29,30)17-3-1-2-4-17/h5-10,12,14,17H,1-4,11,13H2,(H,25,28). The lowest BCUT2D eigenvalue weighted by Gasteiger charge is -2.17. The van der Waals surface area contributed by atoms with Crippen LogP contribution in [0, 0.1) is 17.6 Å². The Hall–Kier alpha value is -2.81. The highest BCUT2D eigenvalue weighted by molar-refractivity contribution is 7.92. The van der Waals surface area contributed by atoms with E-state index in [-0.39, 0.29) is 28.8 Å². The molecule has 164 valence electrons. The number of carbonyl (C=O) groups is 2. The lowest BCUT2D eigenvalue weighted by atomic mass is 10.1. The van der Waals surface area contributed by atoms with E-state index >= 15 is 0 Å². The number of amides is 2. The largest absolute Gasteiger partial charge is 0.326 e. The van der Waals surface area contributed by atoms with Gasteiger partial charge in [-0.25, -0.2) is 17.2 Å². The number of rotatable bonds is 5. The fraction of sp³-hybridized carbons (Fsp3) is 0.364. The molecule has 1 N–H and O–H groups in total. The molecule has 6 nitrogen and oxygen atoms in total. The summed E-state index contributed by atoms with van der Waals surface area (Å²) in [5, 5.41) is 2.33. The molecular weight excluding hydrogens is 426 g/mol. The fourth-order valence-corrected chi connectivity index (χ4v) is 6.03. The first-order chi connectivity index (χ1) is 14.8. The minimum Gasteiger partial charge on any atom is -0.326 e. The summed E-state index contributed by atoms with van der Waals surface area (Å²) in [5.74, 6) is -3.18. The van der Waals surface area contributed by atoms with E-state index in [0.29, 0.717) is 24.6 Å². The van der Waals surface area contributed by atoms with E-state index in [0.717, 1.165) is 23.8 Å². The maximum Gasteiger partial charge on any atom is 0.229 e. The van der Waals surface area contributed by atoms with Gasteiger partial charge in [-0.15, -0.1) is 0 Å². The lowest BCUT2D eigenvalue weighted by molar-refractivity contribution is -0.122. The summed E-state index contributed by atoms with van der Waals surface area (Å²) in [7, 11) is -3.38. The number of sulfone groups is 1. The molecule has 2 fully saturated rings. The van der Waals surface area contributed by atoms with Crippen LogP contribution in [-0.4, -0.2) is 32.0 Å². The molecule has 4 rings (SSSR count). The molecule has 1 heterocycles. The minimum absolute atomic E-state index is 0.0264. The van der Waals surface area contributed by atoms with Gasteiger partial charge in [0.15, 0.2) is 9.84 Å². The Morgan fingerprint density at radius 3 is 2.35 bits per heavy atom. The summed E-state index contributed by atoms with van der Waals surface area (Å²) in [4.78, 5) is 26.2. The summed E-state index contributed by atoms with van der Waals surface area (Å²) in [6.07, 6.45) is 3.06. The van der Waals surface area contributed by atoms with Crippen molar-refractivity contribution < 1.29 is 26.8 Å². The number of carbonyl (C=O) groups excluding carboxylic acids is 2. The van der Waals surface area contributed by atoms with Crippen LogP contribution in [0.4, 0.5) is 20.2 Å². The molecule has 2 aromatic carbocycles. The van der Waals surface area contributed by atoms with E-state index in [1.165, 1.54) is 30.3 Å². The van der Waals surface area contributed by atoms with Crippen molar-refractivity contribution in [3.8, 4) is 0 Å². The first-order valence-corrected chi connectivity index (χ1v) is 11.7. The van der Waals surface area contributed by atoms with Crippen molar-refractivity contribution in [2.45, 2.75) is 42.2 Å². The zero-order valence-electron chi connectivity index (χ0n) is 16.7. The van der Waals surface area contributed by atoms with E-state index in [2.05, 4.69) is 5.32 Å². The highest BCUT2D eigenvalue weighted by atomic mass is 32.2. The second-order valence-corrected chi connectivity index (χ2v) is 10.2. The lowest BCUT2D eigenvalue weighted by Crippen LogP contribution is -2.28. The number of nitrogens with zero attached hydrogens (tertiary/aromatic N) is 1. The van der Waals surface area contributed by atoms with Crippen molar-refractivity contribution in [3.63, 3.8) is 0 Å². The Morgan fingerprint density at radius 2 is 1.71 bits per heavy atom. The molecule has 1 unspecified atom stereocenters. The van der Waals surface area contributed by atoms with E-state index in [1.54, 1.807) is 0 Å². The van der Waals surface area contributed by atoms with E-state index in [1.807, 2.05) is 0 Å². The van der Waals surface area contributed by atoms with Gasteiger partial charge in [0, 0.05) is 24.7 Å². The van der Waals surface area contributed by atoms with E-state index in [9.17, 15) is 26.8 Å². The van der Waals surface area contributed by atoms with E-state index in [4.69, 9.17) is 0 Å². The molecule has 2 aromatic rings. The molecule has 1 saturated carbocycles. The highest BCUT2D eigenvalue weighted by Crippen LogP contribution is 2.31. The van der Waals surface area contributed by atoms with Crippen molar-refractivity contribution >= 4 is 33.0 Å². The highest BCUT2D eigenvalue weighted by Gasteiger charge is 2.36. The van der Waals surface area contributed by atoms with Gasteiger partial charge in [0.05, 0.1) is 21.8 Å². The van der Waals surface area contributed by atoms with Gasteiger partial charge < -0.3 is 10.2 Å². The Kier molecular flexibility index (Phi) is 5.79. The number of halogens is 2. The van der Waals surface area contributed by atoms with Crippen molar-refractivity contribution in [1.29, 1.82) is 0 Å². The molecule has 0 radical (unpaired) electrons. The molecule has 2 amide bonds. The summed E-state index contributed by atoms with van der Waals surface area (Å²) < 4.78 is 52.4. The van der Waals surface area contributed by atoms with Crippen LogP contribution >= 0.6 is 0 Å². The topological polar surface area (TPSA) is 83.5 Å². The van der Waals surface area contributed by atoms with Gasteiger partial charge in [0.2, 0.25) is 11.8 Å². The van der Waals surface area contributed by atoms with Crippen LogP contribution in [0.25, 0.3) is 0 Å². The maximum absolute atomic E-state index is 14.0. The third-order valence-corrected chi connectivity index (χ3v) is 8.17. The van der Waals surface area contributed by atoms with Crippen molar-refractivity contribution in [1.82, 2.24) is 0 Å². The van der Waals surface area contributed by atoms with Gasteiger partial charge in [0.25, 0.3) is 0 Å². The Bertz CT molecular complexity index is 1110. The van der Waals surface area contributed by atoms with Crippen molar-refractivity contribution in [2.75, 3.05) is 16.8 Å². The molecule has 0 aromatic heterocycles. The van der Waals surface area contributed by atoms with Crippen molar-refractivity contribution in [2.24, 2.45) is 5.92 Å². The molecule has 1 saturated heterocycles. The Balaban J connectivity index is 1.42. The Morgan fingerprint density at radius 1 is 1.03 bits per heavy atom. The second kappa shape index (κ2) is 8.37. The molecule has 9 heteroatoms. The zero-order valence-corrected chi connectivity index (χ0v) is 17.5. The third kappa shape index (κ3) is 4.32. The van der Waals surface area contributed by atoms with Crippen LogP contribution in [0.5, 0.6) is 0 Å². The smallest absolute Gasteiger partial charge is 0.229 e. The SMILES string of the molecule is O=C(Nc1ccc(S(=O)(=O)C2CCCC2)cc1)C1CC(=O)N(c2ccc(F)cc2F)C1. The predicted octanol–water partition coefficient (Wildman–Crippen LogP) is 3.67. The average molecular weight is 448 g/mol. The van der Waals surface area contributed by atoms with Gasteiger partial charge in [-0.05, 0) is 49.2 Å². The van der Waals surface area contributed by atoms with Gasteiger partial charge in [-0.2, -0.15) is 0 Å². The van der Waals surface area contributed by atoms with Gasteiger partial charge in [0.1, 0.15) is 11.6 Å². The van der Waals surface area contributed by atoms with Crippen LogP contribution in [0.15, 0.2) is 47.4 Å². The molecule has 1 atom stereocenters. The maximum atomic E-state index is 14.0. The number of nitrogens with one attached hydrogen (secondary N) is 1. The molecule has 2 aliphatic rings. The molecular formula is C22H22F2N2O4S. The quantitative estimate of drug-likeness (QED) is 0.757. The first-order valence-electron chi connectivity index (χ1n) is 10.2. The van der Waals surface area contributed by atoms with Crippen LogP contribution in [-0.2, 0) is 19.4 Å². The molecule has 31 heavy (non-hydrogen) atoms.